The monoisotopic (exact) mass is 304 g/mol. The number of nitrogens with two attached hydrogens (primary N) is 1. The van der Waals surface area contributed by atoms with E-state index in [2.05, 4.69) is 0 Å². The van der Waals surface area contributed by atoms with Gasteiger partial charge in [-0.05, 0) is 31.9 Å². The first kappa shape index (κ1) is 17.3. The van der Waals surface area contributed by atoms with E-state index in [0.717, 1.165) is 0 Å². The average molecular weight is 304 g/mol. The molecular formula is C14H19F3N2O2. The number of alkyl carbamates (subject to hydrolysis) is 1. The number of benzene rings is 1. The minimum absolute atomic E-state index is 0.0782. The van der Waals surface area contributed by atoms with Gasteiger partial charge in [0.05, 0.1) is 0 Å². The summed E-state index contributed by atoms with van der Waals surface area (Å²) in [6, 6.07) is 3.43. The molecule has 1 rings (SSSR count). The highest BCUT2D eigenvalue weighted by molar-refractivity contribution is 5.68. The predicted octanol–water partition coefficient (Wildman–Crippen LogP) is 3.27. The summed E-state index contributed by atoms with van der Waals surface area (Å²) in [5, 5.41) is 1.85. The fraction of sp³-hybridized carbons (Fsp3) is 0.500. The molecular weight excluding hydrogens is 285 g/mol. The van der Waals surface area contributed by atoms with Gasteiger partial charge in [-0.3, -0.25) is 0 Å². The smallest absolute Gasteiger partial charge is 0.412 e. The molecule has 0 aliphatic carbocycles. The van der Waals surface area contributed by atoms with Crippen LogP contribution in [0.25, 0.3) is 0 Å². The number of rotatable bonds is 3. The third-order valence-corrected chi connectivity index (χ3v) is 2.54. The number of nitrogens with one attached hydrogen (secondary N) is 1. The van der Waals surface area contributed by atoms with E-state index in [-0.39, 0.29) is 12.1 Å². The van der Waals surface area contributed by atoms with Gasteiger partial charge in [0.25, 0.3) is 0 Å². The number of alkyl halides is 3. The minimum Gasteiger partial charge on any atom is -0.444 e. The first-order valence-corrected chi connectivity index (χ1v) is 6.38. The number of carbonyl (C=O) groups excluding carboxylic acids is 1. The van der Waals surface area contributed by atoms with Crippen molar-refractivity contribution in [3.8, 4) is 0 Å². The Balaban J connectivity index is 2.93. The van der Waals surface area contributed by atoms with Crippen LogP contribution in [0.1, 0.15) is 37.9 Å². The molecule has 1 aromatic carbocycles. The molecule has 0 unspecified atom stereocenters. The van der Waals surface area contributed by atoms with Crippen molar-refractivity contribution in [3.63, 3.8) is 0 Å². The Hall–Kier alpha value is -1.76. The Morgan fingerprint density at radius 1 is 1.24 bits per heavy atom. The summed E-state index contributed by atoms with van der Waals surface area (Å²) in [5.41, 5.74) is 5.16. The Labute approximate surface area is 121 Å². The van der Waals surface area contributed by atoms with Crippen molar-refractivity contribution in [2.45, 2.75) is 45.1 Å². The lowest BCUT2D eigenvalue weighted by Crippen LogP contribution is -2.41. The molecule has 118 valence electrons. The molecule has 3 N–H and O–H groups in total. The Kier molecular flexibility index (Phi) is 5.22. The quantitative estimate of drug-likeness (QED) is 0.900. The Bertz CT molecular complexity index is 478. The van der Waals surface area contributed by atoms with Gasteiger partial charge in [-0.25, -0.2) is 4.79 Å². The number of carbonyl (C=O) groups is 1. The van der Waals surface area contributed by atoms with Crippen molar-refractivity contribution < 1.29 is 22.7 Å². The Morgan fingerprint density at radius 3 is 2.14 bits per heavy atom. The maximum atomic E-state index is 13.1. The zero-order chi connectivity index (χ0) is 16.3. The molecule has 0 bridgehead atoms. The van der Waals surface area contributed by atoms with Gasteiger partial charge in [0.2, 0.25) is 0 Å². The molecule has 0 aliphatic rings. The molecule has 0 saturated heterocycles. The van der Waals surface area contributed by atoms with Crippen LogP contribution in [0.3, 0.4) is 0 Å². The van der Waals surface area contributed by atoms with Crippen LogP contribution < -0.4 is 11.1 Å². The highest BCUT2D eigenvalue weighted by Crippen LogP contribution is 2.33. The average Bonchev–Trinajstić information content (AvgIpc) is 2.33. The molecule has 7 heteroatoms. The normalized spacial score (nSPS) is 13.7. The van der Waals surface area contributed by atoms with Crippen LogP contribution in [0.15, 0.2) is 24.3 Å². The third kappa shape index (κ3) is 5.63. The van der Waals surface area contributed by atoms with E-state index < -0.39 is 23.9 Å². The molecule has 0 saturated carbocycles. The molecule has 4 nitrogen and oxygen atoms in total. The lowest BCUT2D eigenvalue weighted by molar-refractivity contribution is -0.156. The zero-order valence-electron chi connectivity index (χ0n) is 12.1. The fourth-order valence-corrected chi connectivity index (χ4v) is 1.63. The number of halogens is 3. The molecule has 1 atom stereocenters. The number of hydrogen-bond donors (Lipinski definition) is 2. The van der Waals surface area contributed by atoms with Crippen LogP contribution in [-0.4, -0.2) is 17.9 Å². The van der Waals surface area contributed by atoms with Crippen molar-refractivity contribution in [1.29, 1.82) is 0 Å². The SMILES string of the molecule is CC(C)(C)OC(=O)N[C@@H](c1ccc(CN)cc1)C(F)(F)F. The maximum Gasteiger partial charge on any atom is 0.412 e. The van der Waals surface area contributed by atoms with Crippen LogP contribution in [0, 0.1) is 0 Å². The summed E-state index contributed by atoms with van der Waals surface area (Å²) in [6.07, 6.45) is -5.74. The van der Waals surface area contributed by atoms with Crippen molar-refractivity contribution in [2.24, 2.45) is 5.73 Å². The molecule has 21 heavy (non-hydrogen) atoms. The van der Waals surface area contributed by atoms with Gasteiger partial charge in [-0.2, -0.15) is 13.2 Å². The number of ether oxygens (including phenoxy) is 1. The van der Waals surface area contributed by atoms with Crippen molar-refractivity contribution >= 4 is 6.09 Å². The second kappa shape index (κ2) is 6.34. The van der Waals surface area contributed by atoms with Crippen molar-refractivity contribution in [1.82, 2.24) is 5.32 Å². The van der Waals surface area contributed by atoms with E-state index in [9.17, 15) is 18.0 Å². The lowest BCUT2D eigenvalue weighted by Gasteiger charge is -2.25. The summed E-state index contributed by atoms with van der Waals surface area (Å²) in [7, 11) is 0. The van der Waals surface area contributed by atoms with Crippen LogP contribution in [0.5, 0.6) is 0 Å². The molecule has 0 heterocycles. The van der Waals surface area contributed by atoms with Gasteiger partial charge in [0.15, 0.2) is 6.04 Å². The fourth-order valence-electron chi connectivity index (χ4n) is 1.63. The number of amides is 1. The van der Waals surface area contributed by atoms with E-state index in [4.69, 9.17) is 10.5 Å². The zero-order valence-corrected chi connectivity index (χ0v) is 12.1. The van der Waals surface area contributed by atoms with E-state index >= 15 is 0 Å². The van der Waals surface area contributed by atoms with Crippen molar-refractivity contribution in [3.05, 3.63) is 35.4 Å². The maximum absolute atomic E-state index is 13.1. The number of hydrogen-bond acceptors (Lipinski definition) is 3. The molecule has 0 radical (unpaired) electrons. The van der Waals surface area contributed by atoms with Gasteiger partial charge in [-0.15, -0.1) is 0 Å². The summed E-state index contributed by atoms with van der Waals surface area (Å²) in [5.74, 6) is 0. The topological polar surface area (TPSA) is 64.3 Å². The van der Waals surface area contributed by atoms with E-state index in [1.54, 1.807) is 20.8 Å². The molecule has 0 aliphatic heterocycles. The highest BCUT2D eigenvalue weighted by Gasteiger charge is 2.42. The van der Waals surface area contributed by atoms with Gasteiger partial charge in [0.1, 0.15) is 5.60 Å². The third-order valence-electron chi connectivity index (χ3n) is 2.54. The summed E-state index contributed by atoms with van der Waals surface area (Å²) < 4.78 is 44.1. The van der Waals surface area contributed by atoms with Gasteiger partial charge in [-0.1, -0.05) is 24.3 Å². The second-order valence-corrected chi connectivity index (χ2v) is 5.57. The van der Waals surface area contributed by atoms with Crippen LogP contribution in [-0.2, 0) is 11.3 Å². The molecule has 0 aromatic heterocycles. The summed E-state index contributed by atoms with van der Waals surface area (Å²) in [6.45, 7) is 4.96. The second-order valence-electron chi connectivity index (χ2n) is 5.57. The molecule has 0 fully saturated rings. The summed E-state index contributed by atoms with van der Waals surface area (Å²) in [4.78, 5) is 11.6. The standard InChI is InChI=1S/C14H19F3N2O2/c1-13(2,3)21-12(20)19-11(14(15,16)17)10-6-4-9(8-18)5-7-10/h4-7,11H,8,18H2,1-3H3,(H,19,20)/t11-/m0/s1. The summed E-state index contributed by atoms with van der Waals surface area (Å²) >= 11 is 0. The van der Waals surface area contributed by atoms with Gasteiger partial charge in [0, 0.05) is 6.54 Å². The van der Waals surface area contributed by atoms with Crippen LogP contribution >= 0.6 is 0 Å². The molecule has 1 amide bonds. The predicted molar refractivity (Wildman–Crippen MR) is 72.5 cm³/mol. The van der Waals surface area contributed by atoms with Crippen LogP contribution in [0.2, 0.25) is 0 Å². The van der Waals surface area contributed by atoms with E-state index in [1.165, 1.54) is 24.3 Å². The minimum atomic E-state index is -4.62. The van der Waals surface area contributed by atoms with E-state index in [1.807, 2.05) is 5.32 Å². The van der Waals surface area contributed by atoms with Gasteiger partial charge >= 0.3 is 12.3 Å². The lowest BCUT2D eigenvalue weighted by atomic mass is 10.0. The molecule has 0 spiro atoms. The highest BCUT2D eigenvalue weighted by atomic mass is 19.4. The van der Waals surface area contributed by atoms with Crippen LogP contribution in [0.4, 0.5) is 18.0 Å². The largest absolute Gasteiger partial charge is 0.444 e. The first-order chi connectivity index (χ1) is 9.53. The Morgan fingerprint density at radius 2 is 1.76 bits per heavy atom. The van der Waals surface area contributed by atoms with Crippen molar-refractivity contribution in [2.75, 3.05) is 0 Å². The van der Waals surface area contributed by atoms with Gasteiger partial charge < -0.3 is 15.8 Å². The molecule has 1 aromatic rings. The van der Waals surface area contributed by atoms with E-state index in [0.29, 0.717) is 5.56 Å². The first-order valence-electron chi connectivity index (χ1n) is 6.38.